The van der Waals surface area contributed by atoms with Crippen LogP contribution in [0.4, 0.5) is 11.4 Å². The minimum absolute atomic E-state index is 0.558. The number of carbonyl (C=O) groups is 4. The molecule has 1 saturated heterocycles. The highest BCUT2D eigenvalue weighted by molar-refractivity contribution is 7.99. The van der Waals surface area contributed by atoms with Crippen molar-refractivity contribution in [1.29, 1.82) is 0 Å². The van der Waals surface area contributed by atoms with Crippen LogP contribution in [0.2, 0.25) is 0 Å². The first kappa shape index (κ1) is 33.9. The van der Waals surface area contributed by atoms with Gasteiger partial charge in [-0.25, -0.2) is 19.2 Å². The van der Waals surface area contributed by atoms with E-state index in [1.807, 2.05) is 11.8 Å². The van der Waals surface area contributed by atoms with E-state index in [1.165, 1.54) is 60.3 Å². The van der Waals surface area contributed by atoms with Gasteiger partial charge in [-0.2, -0.15) is 0 Å². The normalized spacial score (nSPS) is 14.6. The van der Waals surface area contributed by atoms with E-state index in [2.05, 4.69) is 64.2 Å². The molecule has 1 fully saturated rings. The molecular formula is C29H35N3O9S. The standard InChI is InChI=1S/C21H27N3OS.2C4H4O4/c1-22-12-14-23(15-13-22)10-5-11-24-18-6-3-4-7-20(18)26-21-16-17(25-2)8-9-19(21)24;2*5-3(6)1-2-4(7)8/h3-4,6-9,16H,5,10-15H2,1-2H3;2*1-2H,(H,5,6)(H,7,8)/b;2*2-1-. The molecule has 2 heterocycles. The summed E-state index contributed by atoms with van der Waals surface area (Å²) in [6.07, 6.45) is 3.41. The number of aliphatic carboxylic acids is 4. The van der Waals surface area contributed by atoms with Crippen LogP contribution in [-0.4, -0.2) is 108 Å². The molecule has 2 aromatic carbocycles. The lowest BCUT2D eigenvalue weighted by atomic mass is 10.2. The van der Waals surface area contributed by atoms with Crippen molar-refractivity contribution in [2.24, 2.45) is 0 Å². The Kier molecular flexibility index (Phi) is 14.1. The van der Waals surface area contributed by atoms with Crippen molar-refractivity contribution < 1.29 is 44.3 Å². The average Bonchev–Trinajstić information content (AvgIpc) is 2.96. The summed E-state index contributed by atoms with van der Waals surface area (Å²) in [6.45, 7) is 6.97. The van der Waals surface area contributed by atoms with Crippen molar-refractivity contribution in [1.82, 2.24) is 9.80 Å². The third-order valence-corrected chi connectivity index (χ3v) is 7.13. The fourth-order valence-electron chi connectivity index (χ4n) is 3.99. The van der Waals surface area contributed by atoms with Gasteiger partial charge in [0.2, 0.25) is 0 Å². The van der Waals surface area contributed by atoms with Crippen molar-refractivity contribution in [2.45, 2.75) is 16.2 Å². The summed E-state index contributed by atoms with van der Waals surface area (Å²) in [6, 6.07) is 15.2. The van der Waals surface area contributed by atoms with Gasteiger partial charge in [0.05, 0.1) is 18.5 Å². The zero-order valence-electron chi connectivity index (χ0n) is 23.4. The predicted molar refractivity (Wildman–Crippen MR) is 158 cm³/mol. The second kappa shape index (κ2) is 17.5. The van der Waals surface area contributed by atoms with Gasteiger partial charge in [-0.3, -0.25) is 0 Å². The Hall–Kier alpha value is -4.33. The van der Waals surface area contributed by atoms with E-state index < -0.39 is 23.9 Å². The van der Waals surface area contributed by atoms with Gasteiger partial charge in [-0.1, -0.05) is 23.9 Å². The summed E-state index contributed by atoms with van der Waals surface area (Å²) < 4.78 is 5.43. The number of likely N-dealkylation sites (N-methyl/N-ethyl adjacent to an activating group) is 1. The third kappa shape index (κ3) is 12.0. The molecule has 12 nitrogen and oxygen atoms in total. The number of ether oxygens (including phenoxy) is 1. The molecule has 0 bridgehead atoms. The van der Waals surface area contributed by atoms with Gasteiger partial charge >= 0.3 is 23.9 Å². The van der Waals surface area contributed by atoms with E-state index in [4.69, 9.17) is 25.2 Å². The fourth-order valence-corrected chi connectivity index (χ4v) is 5.12. The fraction of sp³-hybridized carbons (Fsp3) is 0.310. The van der Waals surface area contributed by atoms with Crippen LogP contribution >= 0.6 is 11.8 Å². The Morgan fingerprint density at radius 2 is 1.29 bits per heavy atom. The molecule has 226 valence electrons. The van der Waals surface area contributed by atoms with E-state index in [-0.39, 0.29) is 0 Å². The van der Waals surface area contributed by atoms with Crippen molar-refractivity contribution in [2.75, 3.05) is 58.3 Å². The molecule has 2 aromatic rings. The van der Waals surface area contributed by atoms with Crippen LogP contribution in [0.25, 0.3) is 0 Å². The highest BCUT2D eigenvalue weighted by Crippen LogP contribution is 2.49. The molecule has 0 saturated carbocycles. The van der Waals surface area contributed by atoms with E-state index in [9.17, 15) is 19.2 Å². The highest BCUT2D eigenvalue weighted by Gasteiger charge is 2.23. The molecule has 2 aliphatic rings. The van der Waals surface area contributed by atoms with Crippen molar-refractivity contribution in [3.8, 4) is 5.75 Å². The zero-order valence-corrected chi connectivity index (χ0v) is 24.2. The first-order chi connectivity index (χ1) is 20.0. The summed E-state index contributed by atoms with van der Waals surface area (Å²) in [5.74, 6) is -4.10. The maximum absolute atomic E-state index is 9.55. The lowest BCUT2D eigenvalue weighted by Crippen LogP contribution is -2.45. The molecule has 4 N–H and O–H groups in total. The Morgan fingerprint density at radius 1 is 0.762 bits per heavy atom. The molecule has 13 heteroatoms. The number of carboxylic acid groups (broad SMARTS) is 4. The summed E-state index contributed by atoms with van der Waals surface area (Å²) >= 11 is 1.84. The molecule has 0 aliphatic carbocycles. The van der Waals surface area contributed by atoms with Gasteiger partial charge < -0.3 is 39.9 Å². The number of hydrogen-bond donors (Lipinski definition) is 4. The number of nitrogens with zero attached hydrogens (tertiary/aromatic N) is 3. The van der Waals surface area contributed by atoms with Crippen LogP contribution in [0.3, 0.4) is 0 Å². The van der Waals surface area contributed by atoms with Crippen LogP contribution in [0.1, 0.15) is 6.42 Å². The van der Waals surface area contributed by atoms with Crippen LogP contribution in [-0.2, 0) is 19.2 Å². The zero-order chi connectivity index (χ0) is 31.1. The Bertz CT molecular complexity index is 1220. The van der Waals surface area contributed by atoms with Gasteiger partial charge in [-0.15, -0.1) is 0 Å². The quantitative estimate of drug-likeness (QED) is 0.309. The molecule has 2 aliphatic heterocycles. The van der Waals surface area contributed by atoms with Gasteiger partial charge in [0.1, 0.15) is 5.75 Å². The van der Waals surface area contributed by atoms with Gasteiger partial charge in [0, 0.05) is 66.8 Å². The first-order valence-corrected chi connectivity index (χ1v) is 13.7. The number of carboxylic acids is 4. The Labute approximate surface area is 248 Å². The largest absolute Gasteiger partial charge is 0.497 e. The number of fused-ring (bicyclic) bond motifs is 2. The average molecular weight is 602 g/mol. The van der Waals surface area contributed by atoms with Crippen molar-refractivity contribution in [3.05, 3.63) is 66.8 Å². The van der Waals surface area contributed by atoms with Crippen LogP contribution in [0.5, 0.6) is 5.75 Å². The molecule has 0 spiro atoms. The van der Waals surface area contributed by atoms with Gasteiger partial charge in [-0.05, 0) is 50.3 Å². The van der Waals surface area contributed by atoms with E-state index in [0.29, 0.717) is 24.3 Å². The maximum atomic E-state index is 9.55. The summed E-state index contributed by atoms with van der Waals surface area (Å²) in [7, 11) is 3.95. The third-order valence-electron chi connectivity index (χ3n) is 6.02. The monoisotopic (exact) mass is 601 g/mol. The number of hydrogen-bond acceptors (Lipinski definition) is 9. The van der Waals surface area contributed by atoms with Crippen LogP contribution in [0, 0.1) is 0 Å². The van der Waals surface area contributed by atoms with Crippen LogP contribution in [0.15, 0.2) is 76.6 Å². The number of rotatable bonds is 9. The Balaban J connectivity index is 0.000000319. The topological polar surface area (TPSA) is 168 Å². The Morgan fingerprint density at radius 3 is 1.81 bits per heavy atom. The smallest absolute Gasteiger partial charge is 0.328 e. The number of piperazine rings is 1. The highest BCUT2D eigenvalue weighted by atomic mass is 32.2. The molecule has 0 aromatic heterocycles. The van der Waals surface area contributed by atoms with Gasteiger partial charge in [0.25, 0.3) is 0 Å². The molecule has 0 unspecified atom stereocenters. The van der Waals surface area contributed by atoms with E-state index in [1.54, 1.807) is 7.11 Å². The SMILES string of the molecule is COc1ccc2c(c1)Sc1ccccc1N2CCCN1CCN(C)CC1.O=C(O)/C=C\C(=O)O.O=C(O)/C=C\C(=O)O. The minimum Gasteiger partial charge on any atom is -0.497 e. The summed E-state index contributed by atoms with van der Waals surface area (Å²) in [4.78, 5) is 48.3. The summed E-state index contributed by atoms with van der Waals surface area (Å²) in [5, 5.41) is 31.2. The molecular weight excluding hydrogens is 566 g/mol. The first-order valence-electron chi connectivity index (χ1n) is 12.9. The van der Waals surface area contributed by atoms with Crippen LogP contribution < -0.4 is 9.64 Å². The summed E-state index contributed by atoms with van der Waals surface area (Å²) in [5.41, 5.74) is 2.63. The minimum atomic E-state index is -1.26. The number of anilines is 2. The van der Waals surface area contributed by atoms with E-state index >= 15 is 0 Å². The lowest BCUT2D eigenvalue weighted by molar-refractivity contribution is -0.134. The van der Waals surface area contributed by atoms with E-state index in [0.717, 1.165) is 12.3 Å². The molecule has 42 heavy (non-hydrogen) atoms. The number of benzene rings is 2. The number of para-hydroxylation sites is 1. The molecule has 0 amide bonds. The maximum Gasteiger partial charge on any atom is 0.328 e. The molecule has 4 rings (SSSR count). The predicted octanol–water partition coefficient (Wildman–Crippen LogP) is 3.36. The lowest BCUT2D eigenvalue weighted by Gasteiger charge is -2.35. The second-order valence-electron chi connectivity index (χ2n) is 9.07. The van der Waals surface area contributed by atoms with Gasteiger partial charge in [0.15, 0.2) is 0 Å². The molecule has 0 radical (unpaired) electrons. The number of methoxy groups -OCH3 is 1. The van der Waals surface area contributed by atoms with Crippen molar-refractivity contribution >= 4 is 47.0 Å². The molecule has 0 atom stereocenters. The van der Waals surface area contributed by atoms with Crippen molar-refractivity contribution in [3.63, 3.8) is 0 Å². The second-order valence-corrected chi connectivity index (χ2v) is 10.2.